The second kappa shape index (κ2) is 7.72. The van der Waals surface area contributed by atoms with E-state index in [1.807, 2.05) is 20.8 Å². The maximum Gasteiger partial charge on any atom is 0.416 e. The monoisotopic (exact) mass is 409 g/mol. The number of carbonyl (C=O) groups excluding carboxylic acids is 1. The fourth-order valence-corrected chi connectivity index (χ4v) is 3.40. The van der Waals surface area contributed by atoms with Crippen LogP contribution < -0.4 is 4.90 Å². The predicted molar refractivity (Wildman–Crippen MR) is 104 cm³/mol. The van der Waals surface area contributed by atoms with Crippen molar-refractivity contribution in [1.29, 1.82) is 0 Å². The minimum absolute atomic E-state index is 0.258. The van der Waals surface area contributed by atoms with Crippen LogP contribution >= 0.6 is 0 Å². The summed E-state index contributed by atoms with van der Waals surface area (Å²) in [4.78, 5) is 14.4. The topological polar surface area (TPSA) is 47.4 Å². The molecular weight excluding hydrogens is 383 g/mol. The molecular formula is C21H26F3N3O2. The van der Waals surface area contributed by atoms with Gasteiger partial charge in [-0.15, -0.1) is 0 Å². The Balaban J connectivity index is 1.89. The maximum atomic E-state index is 12.8. The molecule has 1 aliphatic heterocycles. The van der Waals surface area contributed by atoms with E-state index in [1.165, 1.54) is 12.1 Å². The number of nitrogens with zero attached hydrogens (tertiary/aromatic N) is 3. The standard InChI is InChI=1S/C21H26F3N3O2/c1-5-14-12-26(19(28)29-20(2,3)4)18-16(11-25-27(18)13-14)10-15-6-8-17(9-7-15)21(22,23)24/h6-9,11,14H,5,10,12-13H2,1-4H3. The highest BCUT2D eigenvalue weighted by atomic mass is 19.4. The predicted octanol–water partition coefficient (Wildman–Crippen LogP) is 5.27. The lowest BCUT2D eigenvalue weighted by atomic mass is 10.0. The molecule has 1 atom stereocenters. The Morgan fingerprint density at radius 1 is 1.17 bits per heavy atom. The number of amides is 1. The molecule has 0 saturated carbocycles. The Morgan fingerprint density at radius 3 is 2.38 bits per heavy atom. The average Bonchev–Trinajstić information content (AvgIpc) is 3.02. The zero-order valence-electron chi connectivity index (χ0n) is 17.1. The van der Waals surface area contributed by atoms with Gasteiger partial charge in [-0.05, 0) is 50.8 Å². The van der Waals surface area contributed by atoms with Crippen molar-refractivity contribution in [1.82, 2.24) is 9.78 Å². The number of rotatable bonds is 3. The lowest BCUT2D eigenvalue weighted by molar-refractivity contribution is -0.137. The third kappa shape index (κ3) is 4.92. The number of halogens is 3. The number of benzene rings is 1. The summed E-state index contributed by atoms with van der Waals surface area (Å²) in [5.74, 6) is 0.915. The highest BCUT2D eigenvalue weighted by Crippen LogP contribution is 2.33. The van der Waals surface area contributed by atoms with E-state index in [2.05, 4.69) is 12.0 Å². The van der Waals surface area contributed by atoms with Gasteiger partial charge < -0.3 is 4.74 Å². The van der Waals surface area contributed by atoms with Crippen molar-refractivity contribution < 1.29 is 22.7 Å². The molecule has 0 bridgehead atoms. The first-order valence-corrected chi connectivity index (χ1v) is 9.69. The number of hydrogen-bond donors (Lipinski definition) is 0. The summed E-state index contributed by atoms with van der Waals surface area (Å²) < 4.78 is 45.8. The van der Waals surface area contributed by atoms with Crippen LogP contribution in [-0.2, 0) is 23.9 Å². The molecule has 1 amide bonds. The van der Waals surface area contributed by atoms with E-state index in [-0.39, 0.29) is 5.92 Å². The van der Waals surface area contributed by atoms with Crippen LogP contribution in [0.1, 0.15) is 50.8 Å². The SMILES string of the molecule is CCC1CN(C(=O)OC(C)(C)C)c2c(Cc3ccc(C(F)(F)F)cc3)cnn2C1. The number of alkyl halides is 3. The van der Waals surface area contributed by atoms with E-state index in [0.717, 1.165) is 29.7 Å². The Bertz CT molecular complexity index is 867. The average molecular weight is 409 g/mol. The summed E-state index contributed by atoms with van der Waals surface area (Å²) in [5.41, 5.74) is 0.189. The molecule has 2 heterocycles. The molecule has 0 aliphatic carbocycles. The van der Waals surface area contributed by atoms with Crippen LogP contribution in [0, 0.1) is 5.92 Å². The number of hydrogen-bond acceptors (Lipinski definition) is 3. The molecule has 1 aliphatic rings. The van der Waals surface area contributed by atoms with Crippen LogP contribution in [0.15, 0.2) is 30.5 Å². The summed E-state index contributed by atoms with van der Waals surface area (Å²) in [7, 11) is 0. The fourth-order valence-electron chi connectivity index (χ4n) is 3.40. The number of ether oxygens (including phenoxy) is 1. The fraction of sp³-hybridized carbons (Fsp3) is 0.524. The molecule has 29 heavy (non-hydrogen) atoms. The molecule has 1 aromatic carbocycles. The summed E-state index contributed by atoms with van der Waals surface area (Å²) in [6, 6.07) is 5.07. The van der Waals surface area contributed by atoms with Crippen molar-refractivity contribution in [3.63, 3.8) is 0 Å². The van der Waals surface area contributed by atoms with E-state index in [9.17, 15) is 18.0 Å². The van der Waals surface area contributed by atoms with Crippen LogP contribution in [0.4, 0.5) is 23.8 Å². The second-order valence-electron chi connectivity index (χ2n) is 8.41. The molecule has 5 nitrogen and oxygen atoms in total. The zero-order chi connectivity index (χ0) is 21.4. The summed E-state index contributed by atoms with van der Waals surface area (Å²) >= 11 is 0. The second-order valence-corrected chi connectivity index (χ2v) is 8.41. The zero-order valence-corrected chi connectivity index (χ0v) is 17.1. The number of anilines is 1. The molecule has 158 valence electrons. The van der Waals surface area contributed by atoms with Gasteiger partial charge >= 0.3 is 12.3 Å². The van der Waals surface area contributed by atoms with Gasteiger partial charge in [-0.25, -0.2) is 9.48 Å². The Labute approximate surface area is 168 Å². The van der Waals surface area contributed by atoms with Crippen LogP contribution in [0.3, 0.4) is 0 Å². The summed E-state index contributed by atoms with van der Waals surface area (Å²) in [5, 5.41) is 4.42. The van der Waals surface area contributed by atoms with Crippen molar-refractivity contribution in [2.45, 2.75) is 58.9 Å². The van der Waals surface area contributed by atoms with Gasteiger partial charge in [0.05, 0.1) is 11.8 Å². The number of aromatic nitrogens is 2. The van der Waals surface area contributed by atoms with Gasteiger partial charge in [0.15, 0.2) is 0 Å². The Kier molecular flexibility index (Phi) is 5.65. The molecule has 0 spiro atoms. The van der Waals surface area contributed by atoms with Gasteiger partial charge in [0.2, 0.25) is 0 Å². The van der Waals surface area contributed by atoms with Gasteiger partial charge in [-0.1, -0.05) is 19.1 Å². The van der Waals surface area contributed by atoms with Crippen molar-refractivity contribution in [2.24, 2.45) is 5.92 Å². The van der Waals surface area contributed by atoms with Crippen LogP contribution in [-0.4, -0.2) is 28.0 Å². The van der Waals surface area contributed by atoms with E-state index in [0.29, 0.717) is 25.3 Å². The van der Waals surface area contributed by atoms with Gasteiger partial charge in [-0.2, -0.15) is 18.3 Å². The molecule has 0 saturated heterocycles. The molecule has 0 radical (unpaired) electrons. The quantitative estimate of drug-likeness (QED) is 0.694. The van der Waals surface area contributed by atoms with E-state index < -0.39 is 23.4 Å². The molecule has 1 aromatic heterocycles. The number of carbonyl (C=O) groups is 1. The normalized spacial score (nSPS) is 17.2. The van der Waals surface area contributed by atoms with Gasteiger partial charge in [0, 0.05) is 25.1 Å². The molecule has 8 heteroatoms. The molecule has 1 unspecified atom stereocenters. The highest BCUT2D eigenvalue weighted by Gasteiger charge is 2.34. The van der Waals surface area contributed by atoms with E-state index in [4.69, 9.17) is 4.74 Å². The van der Waals surface area contributed by atoms with Gasteiger partial charge in [0.1, 0.15) is 11.4 Å². The lowest BCUT2D eigenvalue weighted by Gasteiger charge is -2.35. The number of fused-ring (bicyclic) bond motifs is 1. The highest BCUT2D eigenvalue weighted by molar-refractivity contribution is 5.88. The van der Waals surface area contributed by atoms with E-state index >= 15 is 0 Å². The van der Waals surface area contributed by atoms with Crippen LogP contribution in [0.5, 0.6) is 0 Å². The molecule has 3 rings (SSSR count). The molecule has 2 aromatic rings. The van der Waals surface area contributed by atoms with E-state index in [1.54, 1.807) is 15.8 Å². The third-order valence-corrected chi connectivity index (χ3v) is 4.88. The van der Waals surface area contributed by atoms with Crippen molar-refractivity contribution in [2.75, 3.05) is 11.4 Å². The Hall–Kier alpha value is -2.51. The van der Waals surface area contributed by atoms with Crippen LogP contribution in [0.2, 0.25) is 0 Å². The third-order valence-electron chi connectivity index (χ3n) is 4.88. The van der Waals surface area contributed by atoms with Gasteiger partial charge in [-0.3, -0.25) is 4.90 Å². The smallest absolute Gasteiger partial charge is 0.416 e. The molecule has 0 fully saturated rings. The minimum Gasteiger partial charge on any atom is -0.443 e. The molecule has 0 N–H and O–H groups in total. The first-order valence-electron chi connectivity index (χ1n) is 9.69. The van der Waals surface area contributed by atoms with Crippen molar-refractivity contribution >= 4 is 11.9 Å². The van der Waals surface area contributed by atoms with Crippen molar-refractivity contribution in [3.05, 3.63) is 47.2 Å². The largest absolute Gasteiger partial charge is 0.443 e. The first kappa shape index (κ1) is 21.2. The summed E-state index contributed by atoms with van der Waals surface area (Å²) in [6.45, 7) is 8.72. The summed E-state index contributed by atoms with van der Waals surface area (Å²) in [6.07, 6.45) is -1.84. The Morgan fingerprint density at radius 2 is 1.83 bits per heavy atom. The van der Waals surface area contributed by atoms with Gasteiger partial charge in [0.25, 0.3) is 0 Å². The first-order chi connectivity index (χ1) is 13.5. The maximum absolute atomic E-state index is 12.8. The lowest BCUT2D eigenvalue weighted by Crippen LogP contribution is -2.45. The van der Waals surface area contributed by atoms with Crippen molar-refractivity contribution in [3.8, 4) is 0 Å². The minimum atomic E-state index is -4.36. The van der Waals surface area contributed by atoms with Crippen LogP contribution in [0.25, 0.3) is 0 Å².